The van der Waals surface area contributed by atoms with E-state index < -0.39 is 0 Å². The maximum absolute atomic E-state index is 4.68. The van der Waals surface area contributed by atoms with E-state index in [1.807, 2.05) is 11.8 Å². The second-order valence-electron chi connectivity index (χ2n) is 6.43. The average Bonchev–Trinajstić information content (AvgIpc) is 3.03. The Kier molecular flexibility index (Phi) is 3.11. The van der Waals surface area contributed by atoms with Gasteiger partial charge in [0.25, 0.3) is 0 Å². The van der Waals surface area contributed by atoms with Gasteiger partial charge in [-0.2, -0.15) is 0 Å². The smallest absolute Gasteiger partial charge is 0.156 e. The van der Waals surface area contributed by atoms with Crippen LogP contribution in [0.1, 0.15) is 33.1 Å². The Labute approximate surface area is 108 Å². The fraction of sp³-hybridized carbons (Fsp3) is 0.923. The number of likely N-dealkylation sites (tertiary alicyclic amines) is 1. The maximum atomic E-state index is 4.68. The van der Waals surface area contributed by atoms with E-state index in [1.54, 1.807) is 0 Å². The molecule has 3 nitrogen and oxygen atoms in total. The number of hydrogen-bond acceptors (Lipinski definition) is 4. The van der Waals surface area contributed by atoms with E-state index in [0.717, 1.165) is 12.6 Å². The van der Waals surface area contributed by atoms with Crippen LogP contribution >= 0.6 is 11.8 Å². The number of amidine groups is 1. The summed E-state index contributed by atoms with van der Waals surface area (Å²) in [7, 11) is 0. The lowest BCUT2D eigenvalue weighted by atomic mass is 9.97. The average molecular weight is 253 g/mol. The normalized spacial score (nSPS) is 33.5. The Bertz CT molecular complexity index is 323. The van der Waals surface area contributed by atoms with Gasteiger partial charge >= 0.3 is 0 Å². The van der Waals surface area contributed by atoms with Crippen molar-refractivity contribution in [3.05, 3.63) is 0 Å². The summed E-state index contributed by atoms with van der Waals surface area (Å²) in [5.74, 6) is 1.19. The molecule has 1 saturated carbocycles. The zero-order valence-corrected chi connectivity index (χ0v) is 11.7. The van der Waals surface area contributed by atoms with Crippen LogP contribution in [0.3, 0.4) is 0 Å². The first-order chi connectivity index (χ1) is 8.12. The van der Waals surface area contributed by atoms with Crippen molar-refractivity contribution in [1.82, 2.24) is 10.2 Å². The molecule has 2 heterocycles. The summed E-state index contributed by atoms with van der Waals surface area (Å²) in [4.78, 5) is 7.33. The SMILES string of the molecule is CC1(C)CN=C(NC2CCN(C3CC3)C2)SC1. The van der Waals surface area contributed by atoms with Gasteiger partial charge in [-0.3, -0.25) is 9.89 Å². The number of rotatable bonds is 2. The molecule has 1 atom stereocenters. The van der Waals surface area contributed by atoms with Crippen molar-refractivity contribution in [2.24, 2.45) is 10.4 Å². The van der Waals surface area contributed by atoms with Gasteiger partial charge < -0.3 is 5.32 Å². The number of thioether (sulfide) groups is 1. The molecule has 1 N–H and O–H groups in total. The zero-order valence-electron chi connectivity index (χ0n) is 10.9. The summed E-state index contributed by atoms with van der Waals surface area (Å²) in [5.41, 5.74) is 0.381. The van der Waals surface area contributed by atoms with Crippen molar-refractivity contribution >= 4 is 16.9 Å². The van der Waals surface area contributed by atoms with Gasteiger partial charge in [-0.1, -0.05) is 25.6 Å². The van der Waals surface area contributed by atoms with E-state index in [2.05, 4.69) is 29.1 Å². The molecule has 17 heavy (non-hydrogen) atoms. The van der Waals surface area contributed by atoms with Gasteiger partial charge in [0.05, 0.1) is 0 Å². The molecular formula is C13H23N3S. The molecular weight excluding hydrogens is 230 g/mol. The van der Waals surface area contributed by atoms with Crippen LogP contribution in [0.2, 0.25) is 0 Å². The fourth-order valence-corrected chi connectivity index (χ4v) is 3.60. The molecule has 0 aromatic rings. The van der Waals surface area contributed by atoms with Crippen molar-refractivity contribution in [3.8, 4) is 0 Å². The third kappa shape index (κ3) is 2.97. The molecule has 3 aliphatic rings. The molecule has 2 fully saturated rings. The lowest BCUT2D eigenvalue weighted by molar-refractivity contribution is 0.322. The first kappa shape index (κ1) is 11.8. The lowest BCUT2D eigenvalue weighted by Gasteiger charge is -2.28. The van der Waals surface area contributed by atoms with Crippen molar-refractivity contribution in [2.75, 3.05) is 25.4 Å². The van der Waals surface area contributed by atoms with E-state index in [-0.39, 0.29) is 0 Å². The lowest BCUT2D eigenvalue weighted by Crippen LogP contribution is -2.39. The number of nitrogens with zero attached hydrogens (tertiary/aromatic N) is 2. The van der Waals surface area contributed by atoms with Gasteiger partial charge in [-0.05, 0) is 24.7 Å². The van der Waals surface area contributed by atoms with E-state index in [4.69, 9.17) is 0 Å². The maximum Gasteiger partial charge on any atom is 0.156 e. The fourth-order valence-electron chi connectivity index (χ4n) is 2.58. The quantitative estimate of drug-likeness (QED) is 0.815. The van der Waals surface area contributed by atoms with Gasteiger partial charge in [0, 0.05) is 37.5 Å². The van der Waals surface area contributed by atoms with Gasteiger partial charge in [0.1, 0.15) is 0 Å². The molecule has 0 aromatic heterocycles. The second kappa shape index (κ2) is 4.47. The highest BCUT2D eigenvalue weighted by Crippen LogP contribution is 2.31. The Balaban J connectivity index is 1.49. The van der Waals surface area contributed by atoms with E-state index in [0.29, 0.717) is 11.5 Å². The Morgan fingerprint density at radius 1 is 1.35 bits per heavy atom. The van der Waals surface area contributed by atoms with Crippen LogP contribution in [0.15, 0.2) is 4.99 Å². The standard InChI is InChI=1S/C13H23N3S/c1-13(2)8-14-12(17-9-13)15-10-5-6-16(7-10)11-3-4-11/h10-11H,3-9H2,1-2H3,(H,14,15). The molecule has 0 radical (unpaired) electrons. The first-order valence-corrected chi connectivity index (χ1v) is 7.79. The zero-order chi connectivity index (χ0) is 11.9. The van der Waals surface area contributed by atoms with Crippen molar-refractivity contribution < 1.29 is 0 Å². The summed E-state index contributed by atoms with van der Waals surface area (Å²) in [6.45, 7) is 8.08. The van der Waals surface area contributed by atoms with Gasteiger partial charge in [-0.25, -0.2) is 0 Å². The second-order valence-corrected chi connectivity index (χ2v) is 7.39. The highest BCUT2D eigenvalue weighted by Gasteiger charge is 2.35. The Morgan fingerprint density at radius 2 is 2.18 bits per heavy atom. The third-order valence-electron chi connectivity index (χ3n) is 3.86. The first-order valence-electron chi connectivity index (χ1n) is 6.80. The Hall–Kier alpha value is -0.220. The molecule has 2 aliphatic heterocycles. The molecule has 0 bridgehead atoms. The predicted molar refractivity (Wildman–Crippen MR) is 74.7 cm³/mol. The minimum absolute atomic E-state index is 0.381. The van der Waals surface area contributed by atoms with Crippen LogP contribution in [0.4, 0.5) is 0 Å². The molecule has 1 unspecified atom stereocenters. The molecule has 96 valence electrons. The highest BCUT2D eigenvalue weighted by atomic mass is 32.2. The van der Waals surface area contributed by atoms with Gasteiger partial charge in [0.15, 0.2) is 5.17 Å². The van der Waals surface area contributed by atoms with Crippen molar-refractivity contribution in [2.45, 2.75) is 45.2 Å². The molecule has 1 saturated heterocycles. The number of nitrogens with one attached hydrogen (secondary N) is 1. The van der Waals surface area contributed by atoms with Crippen LogP contribution in [-0.2, 0) is 0 Å². The molecule has 0 spiro atoms. The molecule has 1 aliphatic carbocycles. The Morgan fingerprint density at radius 3 is 2.82 bits per heavy atom. The van der Waals surface area contributed by atoms with Crippen LogP contribution in [0, 0.1) is 5.41 Å². The topological polar surface area (TPSA) is 27.6 Å². The summed E-state index contributed by atoms with van der Waals surface area (Å²) in [6.07, 6.45) is 4.15. The summed E-state index contributed by atoms with van der Waals surface area (Å²) in [6, 6.07) is 1.56. The van der Waals surface area contributed by atoms with E-state index in [9.17, 15) is 0 Å². The minimum atomic E-state index is 0.381. The van der Waals surface area contributed by atoms with Gasteiger partial charge in [0.2, 0.25) is 0 Å². The molecule has 3 rings (SSSR count). The third-order valence-corrected chi connectivity index (χ3v) is 5.31. The van der Waals surface area contributed by atoms with Gasteiger partial charge in [-0.15, -0.1) is 0 Å². The van der Waals surface area contributed by atoms with E-state index in [1.165, 1.54) is 43.3 Å². The highest BCUT2D eigenvalue weighted by molar-refractivity contribution is 8.13. The van der Waals surface area contributed by atoms with Crippen molar-refractivity contribution in [3.63, 3.8) is 0 Å². The largest absolute Gasteiger partial charge is 0.361 e. The molecule has 4 heteroatoms. The van der Waals surface area contributed by atoms with E-state index >= 15 is 0 Å². The number of hydrogen-bond donors (Lipinski definition) is 1. The molecule has 0 amide bonds. The number of aliphatic imine (C=N–C) groups is 1. The summed E-state index contributed by atoms with van der Waals surface area (Å²) in [5, 5.41) is 4.83. The van der Waals surface area contributed by atoms with Crippen LogP contribution in [0.5, 0.6) is 0 Å². The van der Waals surface area contributed by atoms with Crippen LogP contribution in [0.25, 0.3) is 0 Å². The minimum Gasteiger partial charge on any atom is -0.361 e. The predicted octanol–water partition coefficient (Wildman–Crippen LogP) is 1.94. The van der Waals surface area contributed by atoms with Crippen LogP contribution in [-0.4, -0.2) is 47.5 Å². The van der Waals surface area contributed by atoms with Crippen molar-refractivity contribution in [1.29, 1.82) is 0 Å². The monoisotopic (exact) mass is 253 g/mol. The van der Waals surface area contributed by atoms with Crippen LogP contribution < -0.4 is 5.32 Å². The summed E-state index contributed by atoms with van der Waals surface area (Å²) < 4.78 is 0. The molecule has 0 aromatic carbocycles. The summed E-state index contributed by atoms with van der Waals surface area (Å²) >= 11 is 1.90.